The van der Waals surface area contributed by atoms with Gasteiger partial charge in [0, 0.05) is 30.3 Å². The summed E-state index contributed by atoms with van der Waals surface area (Å²) in [5, 5.41) is 11.0. The lowest BCUT2D eigenvalue weighted by Crippen LogP contribution is -2.09. The van der Waals surface area contributed by atoms with Gasteiger partial charge < -0.3 is 19.4 Å². The molecule has 0 fully saturated rings. The van der Waals surface area contributed by atoms with Gasteiger partial charge in [-0.1, -0.05) is 18.6 Å². The molecule has 0 saturated carbocycles. The summed E-state index contributed by atoms with van der Waals surface area (Å²) >= 11 is 0. The Hall–Kier alpha value is -3.82. The molecule has 2 aromatic carbocycles. The molecule has 0 unspecified atom stereocenters. The molecule has 2 heterocycles. The number of anilines is 1. The van der Waals surface area contributed by atoms with E-state index in [1.165, 1.54) is 49.6 Å². The highest BCUT2D eigenvalue weighted by Gasteiger charge is 2.19. The lowest BCUT2D eigenvalue weighted by molar-refractivity contribution is -0.111. The third-order valence-electron chi connectivity index (χ3n) is 5.43. The Morgan fingerprint density at radius 2 is 2.03 bits per heavy atom. The van der Waals surface area contributed by atoms with Gasteiger partial charge in [0.15, 0.2) is 17.3 Å². The second-order valence-corrected chi connectivity index (χ2v) is 7.68. The van der Waals surface area contributed by atoms with Crippen LogP contribution < -0.4 is 14.8 Å². The molecule has 0 radical (unpaired) electrons. The van der Waals surface area contributed by atoms with Gasteiger partial charge in [0.05, 0.1) is 12.7 Å². The van der Waals surface area contributed by atoms with Gasteiger partial charge in [-0.15, -0.1) is 10.2 Å². The van der Waals surface area contributed by atoms with Crippen LogP contribution in [0.25, 0.3) is 17.5 Å². The first-order valence-electron chi connectivity index (χ1n) is 10.8. The third kappa shape index (κ3) is 5.22. The summed E-state index contributed by atoms with van der Waals surface area (Å²) < 4.78 is 51.7. The minimum atomic E-state index is -3.05. The number of hydrogen-bond donors (Lipinski definition) is 1. The lowest BCUT2D eigenvalue weighted by atomic mass is 10.1. The van der Waals surface area contributed by atoms with Crippen molar-refractivity contribution in [3.05, 3.63) is 59.7 Å². The molecule has 1 aliphatic heterocycles. The molecule has 0 spiro atoms. The van der Waals surface area contributed by atoms with Crippen molar-refractivity contribution in [2.24, 2.45) is 0 Å². The van der Waals surface area contributed by atoms with Gasteiger partial charge in [0.1, 0.15) is 11.6 Å². The number of aryl methyl sites for hydroxylation is 1. The fraction of sp³-hybridized carbons (Fsp3) is 0.292. The SMILES string of the molecule is COc1cccc(/C=C/C(=O)Nc2ccc(F)c(-c3nnc4n3CCCCC4)c2)c1OC(F)F. The summed E-state index contributed by atoms with van der Waals surface area (Å²) in [5.74, 6) is 0.163. The number of halogens is 3. The van der Waals surface area contributed by atoms with E-state index in [9.17, 15) is 18.0 Å². The Bertz CT molecular complexity index is 1210. The van der Waals surface area contributed by atoms with E-state index >= 15 is 0 Å². The van der Waals surface area contributed by atoms with Crippen molar-refractivity contribution in [2.75, 3.05) is 12.4 Å². The zero-order valence-corrected chi connectivity index (χ0v) is 18.4. The maximum Gasteiger partial charge on any atom is 0.387 e. The Morgan fingerprint density at radius 3 is 2.82 bits per heavy atom. The Morgan fingerprint density at radius 1 is 1.18 bits per heavy atom. The second kappa shape index (κ2) is 10.4. The number of nitrogens with one attached hydrogen (secondary N) is 1. The van der Waals surface area contributed by atoms with Gasteiger partial charge in [-0.25, -0.2) is 4.39 Å². The van der Waals surface area contributed by atoms with E-state index < -0.39 is 18.3 Å². The van der Waals surface area contributed by atoms with Crippen LogP contribution in [0.5, 0.6) is 11.5 Å². The van der Waals surface area contributed by atoms with Gasteiger partial charge in [0.2, 0.25) is 5.91 Å². The van der Waals surface area contributed by atoms with Crippen LogP contribution in [0.1, 0.15) is 30.7 Å². The van der Waals surface area contributed by atoms with E-state index in [1.807, 2.05) is 4.57 Å². The third-order valence-corrected chi connectivity index (χ3v) is 5.43. The topological polar surface area (TPSA) is 78.3 Å². The van der Waals surface area contributed by atoms with Crippen molar-refractivity contribution in [3.8, 4) is 22.9 Å². The number of carbonyl (C=O) groups excluding carboxylic acids is 1. The smallest absolute Gasteiger partial charge is 0.387 e. The predicted octanol–water partition coefficient (Wildman–Crippen LogP) is 5.07. The van der Waals surface area contributed by atoms with Gasteiger partial charge in [-0.2, -0.15) is 8.78 Å². The molecule has 0 saturated heterocycles. The zero-order chi connectivity index (χ0) is 24.1. The number of benzene rings is 2. The number of methoxy groups -OCH3 is 1. The summed E-state index contributed by atoms with van der Waals surface area (Å²) in [7, 11) is 1.33. The first-order valence-corrected chi connectivity index (χ1v) is 10.8. The molecule has 1 amide bonds. The highest BCUT2D eigenvalue weighted by molar-refractivity contribution is 6.02. The van der Waals surface area contributed by atoms with Gasteiger partial charge in [-0.3, -0.25) is 4.79 Å². The van der Waals surface area contributed by atoms with Gasteiger partial charge in [0.25, 0.3) is 0 Å². The number of ether oxygens (including phenoxy) is 2. The second-order valence-electron chi connectivity index (χ2n) is 7.68. The van der Waals surface area contributed by atoms with Crippen LogP contribution in [-0.2, 0) is 17.8 Å². The molecule has 4 rings (SSSR count). The van der Waals surface area contributed by atoms with Gasteiger partial charge >= 0.3 is 6.61 Å². The highest BCUT2D eigenvalue weighted by atomic mass is 19.3. The Balaban J connectivity index is 1.54. The van der Waals surface area contributed by atoms with E-state index in [0.717, 1.165) is 31.5 Å². The normalized spacial score (nSPS) is 13.6. The zero-order valence-electron chi connectivity index (χ0n) is 18.4. The molecule has 3 aromatic rings. The molecule has 10 heteroatoms. The minimum absolute atomic E-state index is 0.110. The molecular formula is C24H23F3N4O3. The number of fused-ring (bicyclic) bond motifs is 1. The van der Waals surface area contributed by atoms with Crippen molar-refractivity contribution in [2.45, 2.75) is 38.8 Å². The molecule has 34 heavy (non-hydrogen) atoms. The first-order chi connectivity index (χ1) is 16.5. The molecule has 1 aromatic heterocycles. The number of carbonyl (C=O) groups is 1. The summed E-state index contributed by atoms with van der Waals surface area (Å²) in [5.41, 5.74) is 0.829. The molecule has 0 bridgehead atoms. The number of amides is 1. The molecule has 178 valence electrons. The van der Waals surface area contributed by atoms with E-state index in [0.29, 0.717) is 18.1 Å². The summed E-state index contributed by atoms with van der Waals surface area (Å²) in [6.45, 7) is -2.35. The quantitative estimate of drug-likeness (QED) is 0.486. The van der Waals surface area contributed by atoms with E-state index in [-0.39, 0.29) is 22.6 Å². The fourth-order valence-corrected chi connectivity index (χ4v) is 3.85. The van der Waals surface area contributed by atoms with Crippen LogP contribution >= 0.6 is 0 Å². The number of nitrogens with zero attached hydrogens (tertiary/aromatic N) is 3. The van der Waals surface area contributed by atoms with E-state index in [4.69, 9.17) is 4.74 Å². The number of aromatic nitrogens is 3. The van der Waals surface area contributed by atoms with Crippen LogP contribution in [-0.4, -0.2) is 34.4 Å². The average Bonchev–Trinajstić information content (AvgIpc) is 3.06. The molecule has 1 aliphatic rings. The van der Waals surface area contributed by atoms with Crippen molar-refractivity contribution in [1.29, 1.82) is 0 Å². The standard InChI is InChI=1S/C24H23F3N4O3/c1-33-19-7-5-6-15(22(19)34-24(26)27)9-12-21(32)28-16-10-11-18(25)17(14-16)23-30-29-20-8-3-2-4-13-31(20)23/h5-7,9-12,14,24H,2-4,8,13H2,1H3,(H,28,32)/b12-9+. The molecule has 0 aliphatic carbocycles. The number of rotatable bonds is 7. The minimum Gasteiger partial charge on any atom is -0.493 e. The monoisotopic (exact) mass is 472 g/mol. The van der Waals surface area contributed by atoms with Crippen LogP contribution in [0.2, 0.25) is 0 Å². The van der Waals surface area contributed by atoms with E-state index in [2.05, 4.69) is 20.3 Å². The molecule has 1 N–H and O–H groups in total. The maximum absolute atomic E-state index is 14.6. The number of alkyl halides is 2. The molecule has 0 atom stereocenters. The maximum atomic E-state index is 14.6. The van der Waals surface area contributed by atoms with Gasteiger partial charge in [-0.05, 0) is 43.2 Å². The van der Waals surface area contributed by atoms with Crippen LogP contribution in [0.15, 0.2) is 42.5 Å². The van der Waals surface area contributed by atoms with Crippen molar-refractivity contribution in [1.82, 2.24) is 14.8 Å². The van der Waals surface area contributed by atoms with E-state index in [1.54, 1.807) is 6.07 Å². The Labute approximate surface area is 194 Å². The summed E-state index contributed by atoms with van der Waals surface area (Å²) in [6.07, 6.45) is 6.34. The first kappa shape index (κ1) is 23.3. The average molecular weight is 472 g/mol. The predicted molar refractivity (Wildman–Crippen MR) is 120 cm³/mol. The van der Waals surface area contributed by atoms with Crippen molar-refractivity contribution in [3.63, 3.8) is 0 Å². The number of para-hydroxylation sites is 1. The van der Waals surface area contributed by atoms with Crippen molar-refractivity contribution >= 4 is 17.7 Å². The lowest BCUT2D eigenvalue weighted by Gasteiger charge is -2.12. The summed E-state index contributed by atoms with van der Waals surface area (Å²) in [6, 6.07) is 8.75. The molecular weight excluding hydrogens is 449 g/mol. The highest BCUT2D eigenvalue weighted by Crippen LogP contribution is 2.33. The Kier molecular flexibility index (Phi) is 7.15. The summed E-state index contributed by atoms with van der Waals surface area (Å²) in [4.78, 5) is 12.5. The number of hydrogen-bond acceptors (Lipinski definition) is 5. The largest absolute Gasteiger partial charge is 0.493 e. The molecule has 7 nitrogen and oxygen atoms in total. The van der Waals surface area contributed by atoms with Crippen molar-refractivity contribution < 1.29 is 27.4 Å². The van der Waals surface area contributed by atoms with Crippen LogP contribution in [0.4, 0.5) is 18.9 Å². The fourth-order valence-electron chi connectivity index (χ4n) is 3.85. The van der Waals surface area contributed by atoms with Crippen LogP contribution in [0.3, 0.4) is 0 Å². The van der Waals surface area contributed by atoms with Crippen LogP contribution in [0, 0.1) is 5.82 Å².